The van der Waals surface area contributed by atoms with Gasteiger partial charge in [-0.05, 0) is 23.6 Å². The first-order valence-corrected chi connectivity index (χ1v) is 7.66. The summed E-state index contributed by atoms with van der Waals surface area (Å²) in [6.45, 7) is 4.14. The zero-order chi connectivity index (χ0) is 14.8. The van der Waals surface area contributed by atoms with Crippen molar-refractivity contribution in [2.45, 2.75) is 25.3 Å². The molecule has 0 aromatic heterocycles. The van der Waals surface area contributed by atoms with E-state index in [0.29, 0.717) is 6.54 Å². The monoisotopic (exact) mass is 308 g/mol. The Balaban J connectivity index is 3.26. The lowest BCUT2D eigenvalue weighted by Gasteiger charge is -2.19. The van der Waals surface area contributed by atoms with Gasteiger partial charge in [-0.1, -0.05) is 25.4 Å². The highest BCUT2D eigenvalue weighted by atomic mass is 35.5. The van der Waals surface area contributed by atoms with Crippen molar-refractivity contribution < 1.29 is 12.8 Å². The third-order valence-corrected chi connectivity index (χ3v) is 4.85. The van der Waals surface area contributed by atoms with E-state index in [1.165, 1.54) is 17.4 Å². The van der Waals surface area contributed by atoms with Crippen molar-refractivity contribution >= 4 is 21.6 Å². The SMILES string of the molecule is CC(C)CN(C)S(=O)(=O)c1cc(F)c(Cl)c(CN)c1. The molecule has 0 bridgehead atoms. The number of hydrogen-bond donors (Lipinski definition) is 1. The normalized spacial score (nSPS) is 12.4. The van der Waals surface area contributed by atoms with Crippen LogP contribution < -0.4 is 5.73 Å². The smallest absolute Gasteiger partial charge is 0.242 e. The van der Waals surface area contributed by atoms with Crippen LogP contribution in [0.2, 0.25) is 5.02 Å². The Morgan fingerprint density at radius 1 is 1.42 bits per heavy atom. The zero-order valence-corrected chi connectivity index (χ0v) is 12.7. The van der Waals surface area contributed by atoms with Crippen molar-refractivity contribution in [3.05, 3.63) is 28.5 Å². The molecule has 0 heterocycles. The third-order valence-electron chi connectivity index (χ3n) is 2.63. The molecule has 0 fully saturated rings. The molecule has 7 heteroatoms. The molecule has 2 N–H and O–H groups in total. The van der Waals surface area contributed by atoms with Gasteiger partial charge in [0.1, 0.15) is 5.82 Å². The lowest BCUT2D eigenvalue weighted by atomic mass is 10.2. The molecule has 0 spiro atoms. The summed E-state index contributed by atoms with van der Waals surface area (Å²) in [5.41, 5.74) is 5.71. The van der Waals surface area contributed by atoms with Crippen LogP contribution in [0.5, 0.6) is 0 Å². The molecule has 0 radical (unpaired) electrons. The predicted molar refractivity (Wildman–Crippen MR) is 74.0 cm³/mol. The van der Waals surface area contributed by atoms with Crippen LogP contribution in [0, 0.1) is 11.7 Å². The van der Waals surface area contributed by atoms with Crippen molar-refractivity contribution in [2.75, 3.05) is 13.6 Å². The van der Waals surface area contributed by atoms with Crippen LogP contribution in [0.1, 0.15) is 19.4 Å². The van der Waals surface area contributed by atoms with Crippen LogP contribution in [-0.2, 0) is 16.6 Å². The largest absolute Gasteiger partial charge is 0.326 e. The molecule has 0 aliphatic rings. The molecule has 1 rings (SSSR count). The van der Waals surface area contributed by atoms with E-state index in [1.54, 1.807) is 0 Å². The first-order chi connectivity index (χ1) is 8.70. The van der Waals surface area contributed by atoms with Crippen LogP contribution in [0.4, 0.5) is 4.39 Å². The third kappa shape index (κ3) is 3.66. The minimum Gasteiger partial charge on any atom is -0.326 e. The number of sulfonamides is 1. The highest BCUT2D eigenvalue weighted by molar-refractivity contribution is 7.89. The first-order valence-electron chi connectivity index (χ1n) is 5.84. The van der Waals surface area contributed by atoms with Gasteiger partial charge in [0.15, 0.2) is 0 Å². The summed E-state index contributed by atoms with van der Waals surface area (Å²) < 4.78 is 39.4. The maximum Gasteiger partial charge on any atom is 0.242 e. The van der Waals surface area contributed by atoms with E-state index < -0.39 is 15.8 Å². The van der Waals surface area contributed by atoms with Crippen LogP contribution >= 0.6 is 11.6 Å². The standard InChI is InChI=1S/C12H18ClFN2O2S/c1-8(2)7-16(3)19(17,18)10-4-9(6-15)12(13)11(14)5-10/h4-5,8H,6-7,15H2,1-3H3. The minimum atomic E-state index is -3.73. The molecule has 0 unspecified atom stereocenters. The van der Waals surface area contributed by atoms with E-state index in [1.807, 2.05) is 13.8 Å². The summed E-state index contributed by atoms with van der Waals surface area (Å²) in [5, 5.41) is -0.132. The first kappa shape index (κ1) is 16.4. The van der Waals surface area contributed by atoms with E-state index in [2.05, 4.69) is 0 Å². The van der Waals surface area contributed by atoms with Gasteiger partial charge in [0.05, 0.1) is 9.92 Å². The zero-order valence-electron chi connectivity index (χ0n) is 11.2. The van der Waals surface area contributed by atoms with E-state index in [9.17, 15) is 12.8 Å². The molecule has 0 saturated carbocycles. The summed E-state index contributed by atoms with van der Waals surface area (Å²) in [4.78, 5) is -0.127. The Morgan fingerprint density at radius 2 is 2.00 bits per heavy atom. The quantitative estimate of drug-likeness (QED) is 0.907. The fourth-order valence-electron chi connectivity index (χ4n) is 1.71. The van der Waals surface area contributed by atoms with Crippen molar-refractivity contribution in [3.8, 4) is 0 Å². The number of nitrogens with two attached hydrogens (primary N) is 1. The van der Waals surface area contributed by atoms with Crippen LogP contribution in [-0.4, -0.2) is 26.3 Å². The van der Waals surface area contributed by atoms with Crippen LogP contribution in [0.15, 0.2) is 17.0 Å². The van der Waals surface area contributed by atoms with E-state index >= 15 is 0 Å². The number of hydrogen-bond acceptors (Lipinski definition) is 3. The van der Waals surface area contributed by atoms with Gasteiger partial charge >= 0.3 is 0 Å². The molecular formula is C12H18ClFN2O2S. The average molecular weight is 309 g/mol. The number of halogens is 2. The summed E-state index contributed by atoms with van der Waals surface area (Å²) in [5.74, 6) is -0.605. The molecule has 0 atom stereocenters. The molecule has 19 heavy (non-hydrogen) atoms. The molecule has 1 aromatic rings. The summed E-state index contributed by atoms with van der Waals surface area (Å²) in [7, 11) is -2.26. The molecule has 4 nitrogen and oxygen atoms in total. The van der Waals surface area contributed by atoms with Gasteiger partial charge in [0.2, 0.25) is 10.0 Å². The van der Waals surface area contributed by atoms with Gasteiger partial charge in [-0.25, -0.2) is 17.1 Å². The molecule has 1 aromatic carbocycles. The highest BCUT2D eigenvalue weighted by Crippen LogP contribution is 2.25. The number of benzene rings is 1. The Morgan fingerprint density at radius 3 is 2.47 bits per heavy atom. The van der Waals surface area contributed by atoms with E-state index in [4.69, 9.17) is 17.3 Å². The second-order valence-corrected chi connectivity index (χ2v) is 7.18. The fourth-order valence-corrected chi connectivity index (χ4v) is 3.29. The summed E-state index contributed by atoms with van der Waals surface area (Å²) in [6, 6.07) is 2.24. The molecule has 0 aliphatic heterocycles. The van der Waals surface area contributed by atoms with Gasteiger partial charge in [-0.3, -0.25) is 0 Å². The maximum atomic E-state index is 13.6. The van der Waals surface area contributed by atoms with Crippen molar-refractivity contribution in [1.82, 2.24) is 4.31 Å². The topological polar surface area (TPSA) is 63.4 Å². The van der Waals surface area contributed by atoms with Crippen molar-refractivity contribution in [1.29, 1.82) is 0 Å². The Bertz CT molecular complexity index is 561. The molecule has 0 aliphatic carbocycles. The maximum absolute atomic E-state index is 13.6. The Kier molecular flexibility index (Phi) is 5.32. The highest BCUT2D eigenvalue weighted by Gasteiger charge is 2.23. The molecule has 0 saturated heterocycles. The molecular weight excluding hydrogens is 291 g/mol. The van der Waals surface area contributed by atoms with Gasteiger partial charge in [-0.2, -0.15) is 0 Å². The van der Waals surface area contributed by atoms with Gasteiger partial charge < -0.3 is 5.73 Å². The van der Waals surface area contributed by atoms with E-state index in [-0.39, 0.29) is 27.9 Å². The Labute approximate surface area is 118 Å². The average Bonchev–Trinajstić information content (AvgIpc) is 2.31. The second kappa shape index (κ2) is 6.17. The van der Waals surface area contributed by atoms with Gasteiger partial charge in [-0.15, -0.1) is 0 Å². The van der Waals surface area contributed by atoms with Crippen molar-refractivity contribution in [3.63, 3.8) is 0 Å². The summed E-state index contributed by atoms with van der Waals surface area (Å²) in [6.07, 6.45) is 0. The van der Waals surface area contributed by atoms with Crippen LogP contribution in [0.25, 0.3) is 0 Å². The van der Waals surface area contributed by atoms with Crippen molar-refractivity contribution in [2.24, 2.45) is 11.7 Å². The second-order valence-electron chi connectivity index (χ2n) is 4.76. The number of rotatable bonds is 5. The van der Waals surface area contributed by atoms with Gasteiger partial charge in [0, 0.05) is 20.1 Å². The molecule has 0 amide bonds. The van der Waals surface area contributed by atoms with E-state index in [0.717, 1.165) is 6.07 Å². The lowest BCUT2D eigenvalue weighted by molar-refractivity contribution is 0.417. The lowest BCUT2D eigenvalue weighted by Crippen LogP contribution is -2.30. The number of nitrogens with zero attached hydrogens (tertiary/aromatic N) is 1. The Hall–Kier alpha value is -0.690. The summed E-state index contributed by atoms with van der Waals surface area (Å²) >= 11 is 5.72. The minimum absolute atomic E-state index is 0.0208. The van der Waals surface area contributed by atoms with Crippen LogP contribution in [0.3, 0.4) is 0 Å². The molecule has 108 valence electrons. The predicted octanol–water partition coefficient (Wildman–Crippen LogP) is 2.21. The fraction of sp³-hybridized carbons (Fsp3) is 0.500. The van der Waals surface area contributed by atoms with Gasteiger partial charge in [0.25, 0.3) is 0 Å².